The van der Waals surface area contributed by atoms with Crippen LogP contribution in [0, 0.1) is 17.3 Å². The van der Waals surface area contributed by atoms with Crippen molar-refractivity contribution in [2.45, 2.75) is 116 Å². The van der Waals surface area contributed by atoms with Crippen molar-refractivity contribution in [3.05, 3.63) is 0 Å². The molecular weight excluding hydrogens is 434 g/mol. The lowest BCUT2D eigenvalue weighted by molar-refractivity contribution is -0.151. The normalized spacial score (nSPS) is 33.7. The van der Waals surface area contributed by atoms with Gasteiger partial charge in [-0.15, -0.1) is 0 Å². The van der Waals surface area contributed by atoms with E-state index in [4.69, 9.17) is 4.74 Å². The first-order chi connectivity index (χ1) is 15.7. The standard InChI is InChI=1S/C26H45N3O5/c1-9-13-27-20(31)17-18-22(33)29(16(3)14-30)19(26(18)12-11-25(17,10-2)34-26)21(32)28-24(7,8)15-23(4,5)6/h16-19,30H,9-15H2,1-8H3,(H,27,31)(H,28,32)/t16-,17+,18+,19?,25-,26?/m1/s1. The number of nitrogens with zero attached hydrogens (tertiary/aromatic N) is 1. The minimum Gasteiger partial charge on any atom is -0.394 e. The molecule has 0 radical (unpaired) electrons. The number of carbonyl (C=O) groups excluding carboxylic acids is 3. The molecule has 3 fully saturated rings. The highest BCUT2D eigenvalue weighted by Crippen LogP contribution is 2.64. The highest BCUT2D eigenvalue weighted by atomic mass is 16.5. The molecule has 0 aromatic carbocycles. The summed E-state index contributed by atoms with van der Waals surface area (Å²) in [4.78, 5) is 42.7. The molecule has 0 aromatic rings. The molecule has 3 rings (SSSR count). The molecule has 0 saturated carbocycles. The fraction of sp³-hybridized carbons (Fsp3) is 0.885. The largest absolute Gasteiger partial charge is 0.394 e. The third-order valence-corrected chi connectivity index (χ3v) is 7.87. The average Bonchev–Trinajstić information content (AvgIpc) is 3.32. The summed E-state index contributed by atoms with van der Waals surface area (Å²) in [6, 6.07) is -1.45. The number of aliphatic hydroxyl groups is 1. The van der Waals surface area contributed by atoms with E-state index in [9.17, 15) is 19.5 Å². The number of hydrogen-bond acceptors (Lipinski definition) is 5. The van der Waals surface area contributed by atoms with Crippen molar-refractivity contribution in [3.63, 3.8) is 0 Å². The molecule has 6 atom stereocenters. The van der Waals surface area contributed by atoms with Crippen molar-refractivity contribution in [2.24, 2.45) is 17.3 Å². The summed E-state index contributed by atoms with van der Waals surface area (Å²) in [6.07, 6.45) is 3.32. The first-order valence-electron chi connectivity index (χ1n) is 12.9. The van der Waals surface area contributed by atoms with E-state index in [0.717, 1.165) is 12.8 Å². The molecule has 194 valence electrons. The second kappa shape index (κ2) is 9.08. The summed E-state index contributed by atoms with van der Waals surface area (Å²) in [6.45, 7) is 16.3. The summed E-state index contributed by atoms with van der Waals surface area (Å²) in [5, 5.41) is 16.1. The molecule has 3 aliphatic rings. The molecule has 8 nitrogen and oxygen atoms in total. The lowest BCUT2D eigenvalue weighted by atomic mass is 9.65. The van der Waals surface area contributed by atoms with E-state index in [1.54, 1.807) is 6.92 Å². The molecule has 3 N–H and O–H groups in total. The molecule has 8 heteroatoms. The van der Waals surface area contributed by atoms with Crippen LogP contribution in [0.4, 0.5) is 0 Å². The Kier molecular flexibility index (Phi) is 7.19. The molecule has 3 saturated heterocycles. The van der Waals surface area contributed by atoms with Crippen LogP contribution in [-0.4, -0.2) is 69.7 Å². The van der Waals surface area contributed by atoms with Crippen LogP contribution < -0.4 is 10.6 Å². The Labute approximate surface area is 204 Å². The Morgan fingerprint density at radius 1 is 1.18 bits per heavy atom. The molecular formula is C26H45N3O5. The van der Waals surface area contributed by atoms with Crippen LogP contribution in [0.1, 0.15) is 87.5 Å². The van der Waals surface area contributed by atoms with Crippen molar-refractivity contribution in [1.82, 2.24) is 15.5 Å². The molecule has 0 aromatic heterocycles. The van der Waals surface area contributed by atoms with Gasteiger partial charge in [0.15, 0.2) is 0 Å². The maximum Gasteiger partial charge on any atom is 0.246 e. The topological polar surface area (TPSA) is 108 Å². The van der Waals surface area contributed by atoms with Crippen LogP contribution in [0.15, 0.2) is 0 Å². The van der Waals surface area contributed by atoms with E-state index in [1.165, 1.54) is 4.90 Å². The Hall–Kier alpha value is -1.67. The third-order valence-electron chi connectivity index (χ3n) is 7.87. The number of aliphatic hydroxyl groups excluding tert-OH is 1. The summed E-state index contributed by atoms with van der Waals surface area (Å²) in [5.41, 5.74) is -2.31. The molecule has 34 heavy (non-hydrogen) atoms. The fourth-order valence-corrected chi connectivity index (χ4v) is 7.05. The number of carbonyl (C=O) groups is 3. The van der Waals surface area contributed by atoms with Gasteiger partial charge in [-0.3, -0.25) is 14.4 Å². The number of hydrogen-bond donors (Lipinski definition) is 3. The quantitative estimate of drug-likeness (QED) is 0.471. The van der Waals surface area contributed by atoms with E-state index in [1.807, 2.05) is 27.7 Å². The predicted octanol–water partition coefficient (Wildman–Crippen LogP) is 2.38. The number of likely N-dealkylation sites (tertiary alicyclic amines) is 1. The minimum atomic E-state index is -1.06. The molecule has 2 bridgehead atoms. The lowest BCUT2D eigenvalue weighted by Crippen LogP contribution is -2.61. The van der Waals surface area contributed by atoms with Gasteiger partial charge in [0.05, 0.1) is 30.1 Å². The highest BCUT2D eigenvalue weighted by Gasteiger charge is 2.79. The predicted molar refractivity (Wildman–Crippen MR) is 130 cm³/mol. The van der Waals surface area contributed by atoms with Crippen molar-refractivity contribution in [1.29, 1.82) is 0 Å². The first kappa shape index (κ1) is 26.9. The lowest BCUT2D eigenvalue weighted by Gasteiger charge is -2.39. The van der Waals surface area contributed by atoms with E-state index in [0.29, 0.717) is 25.8 Å². The van der Waals surface area contributed by atoms with Crippen LogP contribution >= 0.6 is 0 Å². The molecule has 3 heterocycles. The summed E-state index contributed by atoms with van der Waals surface area (Å²) < 4.78 is 6.71. The van der Waals surface area contributed by atoms with Gasteiger partial charge < -0.3 is 25.4 Å². The van der Waals surface area contributed by atoms with Crippen molar-refractivity contribution >= 4 is 17.7 Å². The van der Waals surface area contributed by atoms with Crippen LogP contribution in [0.5, 0.6) is 0 Å². The van der Waals surface area contributed by atoms with Gasteiger partial charge in [0.25, 0.3) is 0 Å². The first-order valence-corrected chi connectivity index (χ1v) is 12.9. The smallest absolute Gasteiger partial charge is 0.246 e. The van der Waals surface area contributed by atoms with Gasteiger partial charge in [-0.05, 0) is 58.3 Å². The number of nitrogens with one attached hydrogen (secondary N) is 2. The fourth-order valence-electron chi connectivity index (χ4n) is 7.05. The maximum absolute atomic E-state index is 13.9. The molecule has 3 aliphatic heterocycles. The van der Waals surface area contributed by atoms with E-state index < -0.39 is 40.7 Å². The zero-order chi connectivity index (χ0) is 25.7. The van der Waals surface area contributed by atoms with Crippen LogP contribution in [0.3, 0.4) is 0 Å². The Morgan fingerprint density at radius 2 is 1.82 bits per heavy atom. The monoisotopic (exact) mass is 479 g/mol. The zero-order valence-corrected chi connectivity index (χ0v) is 22.3. The van der Waals surface area contributed by atoms with Crippen molar-refractivity contribution < 1.29 is 24.2 Å². The molecule has 2 unspecified atom stereocenters. The van der Waals surface area contributed by atoms with Gasteiger partial charge in [-0.2, -0.15) is 0 Å². The minimum absolute atomic E-state index is 0.00177. The summed E-state index contributed by atoms with van der Waals surface area (Å²) >= 11 is 0. The Balaban J connectivity index is 2.03. The molecule has 3 amide bonds. The van der Waals surface area contributed by atoms with E-state index in [-0.39, 0.29) is 29.7 Å². The number of ether oxygens (including phenoxy) is 1. The Morgan fingerprint density at radius 3 is 2.35 bits per heavy atom. The van der Waals surface area contributed by atoms with Gasteiger partial charge in [-0.25, -0.2) is 0 Å². The van der Waals surface area contributed by atoms with Crippen LogP contribution in [-0.2, 0) is 19.1 Å². The zero-order valence-electron chi connectivity index (χ0n) is 22.3. The van der Waals surface area contributed by atoms with Gasteiger partial charge in [0.1, 0.15) is 11.6 Å². The number of amides is 3. The highest BCUT2D eigenvalue weighted by molar-refractivity contribution is 5.99. The van der Waals surface area contributed by atoms with E-state index in [2.05, 4.69) is 31.4 Å². The number of fused-ring (bicyclic) bond motifs is 1. The maximum atomic E-state index is 13.9. The Bertz CT molecular complexity index is 822. The SMILES string of the molecule is CCCNC(=O)[C@@H]1[C@H]2C(=O)N([C@H](C)CO)C(C(=O)NC(C)(C)CC(C)(C)C)C23CC[C@@]1(CC)O3. The number of rotatable bonds is 9. The average molecular weight is 480 g/mol. The van der Waals surface area contributed by atoms with Gasteiger partial charge in [-0.1, -0.05) is 34.6 Å². The van der Waals surface area contributed by atoms with Crippen molar-refractivity contribution in [2.75, 3.05) is 13.2 Å². The van der Waals surface area contributed by atoms with Crippen LogP contribution in [0.25, 0.3) is 0 Å². The summed E-state index contributed by atoms with van der Waals surface area (Å²) in [5.74, 6) is -2.07. The van der Waals surface area contributed by atoms with Crippen molar-refractivity contribution in [3.8, 4) is 0 Å². The third kappa shape index (κ3) is 4.36. The van der Waals surface area contributed by atoms with Gasteiger partial charge in [0, 0.05) is 12.1 Å². The van der Waals surface area contributed by atoms with E-state index >= 15 is 0 Å². The second-order valence-corrected chi connectivity index (χ2v) is 12.5. The van der Waals surface area contributed by atoms with Gasteiger partial charge >= 0.3 is 0 Å². The van der Waals surface area contributed by atoms with Gasteiger partial charge in [0.2, 0.25) is 17.7 Å². The van der Waals surface area contributed by atoms with Crippen LogP contribution in [0.2, 0.25) is 0 Å². The summed E-state index contributed by atoms with van der Waals surface area (Å²) in [7, 11) is 0. The molecule has 0 aliphatic carbocycles. The molecule has 1 spiro atoms. The second-order valence-electron chi connectivity index (χ2n) is 12.5.